The van der Waals surface area contributed by atoms with Gasteiger partial charge in [-0.1, -0.05) is 24.3 Å². The molecule has 0 atom stereocenters. The largest absolute Gasteiger partial charge is 0.478 e. The van der Waals surface area contributed by atoms with Gasteiger partial charge in [0, 0.05) is 18.3 Å². The first-order valence-corrected chi connectivity index (χ1v) is 10.2. The highest BCUT2D eigenvalue weighted by Gasteiger charge is 2.30. The molecular weight excluding hydrogens is 465 g/mol. The number of hydrogen-bond acceptors (Lipinski definition) is 6. The number of halogens is 3. The average Bonchev–Trinajstić information content (AvgIpc) is 3.31. The second-order valence-electron chi connectivity index (χ2n) is 7.46. The Balaban J connectivity index is 1.42. The minimum Gasteiger partial charge on any atom is -0.478 e. The van der Waals surface area contributed by atoms with Gasteiger partial charge in [-0.25, -0.2) is 4.79 Å². The maximum Gasteiger partial charge on any atom is 0.416 e. The molecule has 0 aliphatic heterocycles. The summed E-state index contributed by atoms with van der Waals surface area (Å²) >= 11 is 0. The number of aromatic nitrogens is 5. The number of benzene rings is 2. The second kappa shape index (κ2) is 9.71. The Morgan fingerprint density at radius 3 is 2.49 bits per heavy atom. The highest BCUT2D eigenvalue weighted by atomic mass is 19.4. The zero-order valence-electron chi connectivity index (χ0n) is 17.9. The molecule has 4 aromatic rings. The first kappa shape index (κ1) is 23.5. The van der Waals surface area contributed by atoms with Crippen LogP contribution in [0.3, 0.4) is 0 Å². The smallest absolute Gasteiger partial charge is 0.416 e. The number of rotatable bonds is 7. The van der Waals surface area contributed by atoms with Gasteiger partial charge in [0.25, 0.3) is 5.91 Å². The lowest BCUT2D eigenvalue weighted by molar-refractivity contribution is -0.137. The second-order valence-corrected chi connectivity index (χ2v) is 7.46. The number of carbonyl (C=O) groups excluding carboxylic acids is 1. The van der Waals surface area contributed by atoms with E-state index >= 15 is 0 Å². The molecule has 12 heteroatoms. The van der Waals surface area contributed by atoms with Crippen LogP contribution < -0.4 is 5.32 Å². The number of carboxylic acid groups (broad SMARTS) is 1. The van der Waals surface area contributed by atoms with Crippen molar-refractivity contribution in [3.8, 4) is 11.4 Å². The van der Waals surface area contributed by atoms with Crippen molar-refractivity contribution in [2.75, 3.05) is 0 Å². The summed E-state index contributed by atoms with van der Waals surface area (Å²) in [6.07, 6.45) is -3.08. The number of amides is 1. The standard InChI is InChI=1S/C23H17F3N6O3/c24-23(25,26)18-3-1-2-15(10-18)12-28-21(33)19-11-17(8-9-27-19)20-29-31-32(30-20)13-14-4-6-16(7-5-14)22(34)35/h1-11H,12-13H2,(H,28,33)(H,34,35). The fourth-order valence-corrected chi connectivity index (χ4v) is 3.17. The molecule has 2 aromatic carbocycles. The monoisotopic (exact) mass is 482 g/mol. The number of carboxylic acids is 1. The first-order valence-electron chi connectivity index (χ1n) is 10.2. The molecule has 9 nitrogen and oxygen atoms in total. The van der Waals surface area contributed by atoms with Gasteiger partial charge in [-0.05, 0) is 52.7 Å². The van der Waals surface area contributed by atoms with E-state index in [1.54, 1.807) is 18.2 Å². The van der Waals surface area contributed by atoms with Gasteiger partial charge >= 0.3 is 12.1 Å². The summed E-state index contributed by atoms with van der Waals surface area (Å²) in [4.78, 5) is 28.8. The third-order valence-corrected chi connectivity index (χ3v) is 4.94. The minimum absolute atomic E-state index is 0.0371. The molecule has 2 N–H and O–H groups in total. The molecule has 2 aromatic heterocycles. The summed E-state index contributed by atoms with van der Waals surface area (Å²) in [6, 6.07) is 14.0. The molecule has 0 saturated carbocycles. The van der Waals surface area contributed by atoms with E-state index in [0.29, 0.717) is 11.1 Å². The van der Waals surface area contributed by atoms with Crippen molar-refractivity contribution >= 4 is 11.9 Å². The number of aromatic carboxylic acids is 1. The summed E-state index contributed by atoms with van der Waals surface area (Å²) < 4.78 is 38.6. The van der Waals surface area contributed by atoms with Crippen molar-refractivity contribution in [2.45, 2.75) is 19.3 Å². The fraction of sp³-hybridized carbons (Fsp3) is 0.130. The molecular formula is C23H17F3N6O3. The minimum atomic E-state index is -4.47. The van der Waals surface area contributed by atoms with Crippen LogP contribution >= 0.6 is 0 Å². The molecule has 0 unspecified atom stereocenters. The first-order chi connectivity index (χ1) is 16.7. The van der Waals surface area contributed by atoms with Crippen molar-refractivity contribution in [2.24, 2.45) is 0 Å². The molecule has 0 spiro atoms. The van der Waals surface area contributed by atoms with Gasteiger partial charge in [-0.15, -0.1) is 10.2 Å². The van der Waals surface area contributed by atoms with Crippen molar-refractivity contribution in [1.82, 2.24) is 30.5 Å². The molecule has 0 bridgehead atoms. The highest BCUT2D eigenvalue weighted by Crippen LogP contribution is 2.29. The van der Waals surface area contributed by atoms with E-state index in [4.69, 9.17) is 5.11 Å². The third-order valence-electron chi connectivity index (χ3n) is 4.94. The number of nitrogens with one attached hydrogen (secondary N) is 1. The van der Waals surface area contributed by atoms with Crippen molar-refractivity contribution in [1.29, 1.82) is 0 Å². The van der Waals surface area contributed by atoms with E-state index in [2.05, 4.69) is 25.7 Å². The topological polar surface area (TPSA) is 123 Å². The number of nitrogens with zero attached hydrogens (tertiary/aromatic N) is 5. The lowest BCUT2D eigenvalue weighted by Gasteiger charge is -2.09. The summed E-state index contributed by atoms with van der Waals surface area (Å²) in [5, 5.41) is 23.7. The van der Waals surface area contributed by atoms with E-state index in [0.717, 1.165) is 17.7 Å². The fourth-order valence-electron chi connectivity index (χ4n) is 3.17. The summed E-state index contributed by atoms with van der Waals surface area (Å²) in [5.74, 6) is -1.36. The number of hydrogen-bond donors (Lipinski definition) is 2. The molecule has 0 aliphatic rings. The van der Waals surface area contributed by atoms with E-state index in [9.17, 15) is 22.8 Å². The summed E-state index contributed by atoms with van der Waals surface area (Å²) in [5.41, 5.74) is 0.938. The molecule has 178 valence electrons. The maximum absolute atomic E-state index is 12.9. The predicted molar refractivity (Wildman–Crippen MR) is 116 cm³/mol. The molecule has 0 fully saturated rings. The quantitative estimate of drug-likeness (QED) is 0.414. The summed E-state index contributed by atoms with van der Waals surface area (Å²) in [7, 11) is 0. The zero-order chi connectivity index (χ0) is 25.0. The molecule has 35 heavy (non-hydrogen) atoms. The van der Waals surface area contributed by atoms with E-state index in [1.165, 1.54) is 41.3 Å². The number of alkyl halides is 3. The highest BCUT2D eigenvalue weighted by molar-refractivity contribution is 5.93. The van der Waals surface area contributed by atoms with Crippen LogP contribution in [-0.2, 0) is 19.3 Å². The Labute approximate surface area is 196 Å². The Kier molecular flexibility index (Phi) is 6.53. The Bertz CT molecular complexity index is 1370. The van der Waals surface area contributed by atoms with Crippen LogP contribution in [0.2, 0.25) is 0 Å². The Morgan fingerprint density at radius 1 is 1.00 bits per heavy atom. The van der Waals surface area contributed by atoms with Gasteiger partial charge in [0.1, 0.15) is 5.69 Å². The molecule has 0 saturated heterocycles. The van der Waals surface area contributed by atoms with Crippen LogP contribution in [0.1, 0.15) is 37.5 Å². The zero-order valence-corrected chi connectivity index (χ0v) is 17.9. The van der Waals surface area contributed by atoms with E-state index < -0.39 is 23.6 Å². The van der Waals surface area contributed by atoms with Gasteiger partial charge in [-0.2, -0.15) is 18.0 Å². The lowest BCUT2D eigenvalue weighted by atomic mass is 10.1. The molecule has 4 rings (SSSR count). The van der Waals surface area contributed by atoms with Crippen LogP contribution in [-0.4, -0.2) is 42.2 Å². The van der Waals surface area contributed by atoms with Crippen LogP contribution in [0.5, 0.6) is 0 Å². The number of tetrazole rings is 1. The van der Waals surface area contributed by atoms with Crippen LogP contribution in [0, 0.1) is 0 Å². The summed E-state index contributed by atoms with van der Waals surface area (Å²) in [6.45, 7) is 0.145. The molecule has 2 heterocycles. The van der Waals surface area contributed by atoms with Crippen molar-refractivity contribution < 1.29 is 27.9 Å². The predicted octanol–water partition coefficient (Wildman–Crippen LogP) is 3.43. The SMILES string of the molecule is O=C(O)c1ccc(Cn2nnc(-c3ccnc(C(=O)NCc4cccc(C(F)(F)F)c4)c3)n2)cc1. The number of carbonyl (C=O) groups is 2. The van der Waals surface area contributed by atoms with Gasteiger partial charge in [0.2, 0.25) is 5.82 Å². The van der Waals surface area contributed by atoms with Crippen LogP contribution in [0.25, 0.3) is 11.4 Å². The van der Waals surface area contributed by atoms with E-state index in [-0.39, 0.29) is 30.2 Å². The van der Waals surface area contributed by atoms with Crippen molar-refractivity contribution in [3.63, 3.8) is 0 Å². The normalized spacial score (nSPS) is 11.3. The Morgan fingerprint density at radius 2 is 1.77 bits per heavy atom. The van der Waals surface area contributed by atoms with Gasteiger partial charge in [0.15, 0.2) is 0 Å². The maximum atomic E-state index is 12.9. The number of pyridine rings is 1. The van der Waals surface area contributed by atoms with Gasteiger partial charge in [0.05, 0.1) is 17.7 Å². The van der Waals surface area contributed by atoms with E-state index in [1.807, 2.05) is 0 Å². The molecule has 0 radical (unpaired) electrons. The van der Waals surface area contributed by atoms with Crippen molar-refractivity contribution in [3.05, 3.63) is 94.8 Å². The molecule has 1 amide bonds. The molecule has 0 aliphatic carbocycles. The van der Waals surface area contributed by atoms with Crippen LogP contribution in [0.15, 0.2) is 66.9 Å². The third kappa shape index (κ3) is 5.85. The average molecular weight is 482 g/mol. The van der Waals surface area contributed by atoms with Gasteiger partial charge < -0.3 is 10.4 Å². The van der Waals surface area contributed by atoms with Gasteiger partial charge in [-0.3, -0.25) is 9.78 Å². The van der Waals surface area contributed by atoms with Crippen LogP contribution in [0.4, 0.5) is 13.2 Å². The lowest BCUT2D eigenvalue weighted by Crippen LogP contribution is -2.24. The Hall–Kier alpha value is -4.61.